The van der Waals surface area contributed by atoms with Gasteiger partial charge in [0.15, 0.2) is 0 Å². The number of rotatable bonds is 5. The molecule has 10 rings (SSSR count). The number of anilines is 3. The molecule has 8 aromatic rings. The number of hydrogen-bond donors (Lipinski definition) is 0. The van der Waals surface area contributed by atoms with Crippen LogP contribution < -0.4 is 4.90 Å². The first-order valence-corrected chi connectivity index (χ1v) is 17.8. The zero-order valence-corrected chi connectivity index (χ0v) is 28.6. The standard InChI is InChI=1S/C48H36N2O/c1-48(2)42-19-9-8-17-39(42)40-26-25-36(29-43(40)48)50(34-14-4-3-5-15-34)35-23-21-31(22-24-35)41-28-32-12-6-7-16-37(32)46-45-38(33-13-11-27-49-30-33)18-10-20-44(45)51-47(41)46/h3-30,39,42H,1-2H3. The number of fused-ring (bicyclic) bond motifs is 8. The van der Waals surface area contributed by atoms with E-state index in [2.05, 4.69) is 175 Å². The van der Waals surface area contributed by atoms with Crippen LogP contribution in [0.3, 0.4) is 0 Å². The van der Waals surface area contributed by atoms with E-state index in [4.69, 9.17) is 4.42 Å². The minimum Gasteiger partial charge on any atom is -0.455 e. The minimum atomic E-state index is 0.0361. The maximum absolute atomic E-state index is 6.79. The van der Waals surface area contributed by atoms with Crippen LogP contribution >= 0.6 is 0 Å². The highest BCUT2D eigenvalue weighted by Crippen LogP contribution is 2.54. The molecule has 2 aliphatic carbocycles. The summed E-state index contributed by atoms with van der Waals surface area (Å²) in [7, 11) is 0. The largest absolute Gasteiger partial charge is 0.455 e. The van der Waals surface area contributed by atoms with Gasteiger partial charge in [-0.3, -0.25) is 4.98 Å². The SMILES string of the molecule is CC1(C)c2cc(N(c3ccccc3)c3ccc(-c4cc5ccccc5c5c4oc4cccc(-c6cccnc6)c45)cc3)ccc2C2C=CC=CC21. The maximum Gasteiger partial charge on any atom is 0.143 e. The van der Waals surface area contributed by atoms with E-state index in [0.717, 1.165) is 55.6 Å². The smallest absolute Gasteiger partial charge is 0.143 e. The Kier molecular flexibility index (Phi) is 6.66. The predicted molar refractivity (Wildman–Crippen MR) is 212 cm³/mol. The van der Waals surface area contributed by atoms with E-state index in [-0.39, 0.29) is 5.41 Å². The van der Waals surface area contributed by atoms with Gasteiger partial charge in [0.05, 0.1) is 0 Å². The van der Waals surface area contributed by atoms with Crippen molar-refractivity contribution in [3.63, 3.8) is 0 Å². The molecule has 0 aliphatic heterocycles. The Morgan fingerprint density at radius 2 is 1.41 bits per heavy atom. The summed E-state index contributed by atoms with van der Waals surface area (Å²) in [6, 6.07) is 48.1. The average Bonchev–Trinajstić information content (AvgIpc) is 3.69. The van der Waals surface area contributed by atoms with Gasteiger partial charge in [-0.05, 0) is 99.0 Å². The highest BCUT2D eigenvalue weighted by Gasteiger charge is 2.44. The topological polar surface area (TPSA) is 29.3 Å². The highest BCUT2D eigenvalue weighted by molar-refractivity contribution is 6.25. The van der Waals surface area contributed by atoms with E-state index in [1.165, 1.54) is 27.6 Å². The fourth-order valence-electron chi connectivity index (χ4n) is 8.76. The lowest BCUT2D eigenvalue weighted by molar-refractivity contribution is 0.394. The van der Waals surface area contributed by atoms with Crippen LogP contribution in [-0.2, 0) is 5.41 Å². The molecule has 0 amide bonds. The van der Waals surface area contributed by atoms with E-state index in [9.17, 15) is 0 Å². The molecule has 51 heavy (non-hydrogen) atoms. The molecule has 0 N–H and O–H groups in total. The van der Waals surface area contributed by atoms with Crippen molar-refractivity contribution >= 4 is 49.8 Å². The Morgan fingerprint density at radius 1 is 0.627 bits per heavy atom. The summed E-state index contributed by atoms with van der Waals surface area (Å²) >= 11 is 0. The number of nitrogens with zero attached hydrogens (tertiary/aromatic N) is 2. The van der Waals surface area contributed by atoms with Crippen LogP contribution in [0, 0.1) is 5.92 Å². The molecular formula is C48H36N2O. The van der Waals surface area contributed by atoms with Crippen LogP contribution in [0.2, 0.25) is 0 Å². The number of para-hydroxylation sites is 1. The Balaban J connectivity index is 1.13. The summed E-state index contributed by atoms with van der Waals surface area (Å²) < 4.78 is 6.79. The number of hydrogen-bond acceptors (Lipinski definition) is 3. The second-order valence-electron chi connectivity index (χ2n) is 14.4. The Bertz CT molecular complexity index is 2670. The molecule has 2 aromatic heterocycles. The van der Waals surface area contributed by atoms with Crippen molar-refractivity contribution in [3.05, 3.63) is 181 Å². The van der Waals surface area contributed by atoms with Crippen molar-refractivity contribution in [2.75, 3.05) is 4.90 Å². The van der Waals surface area contributed by atoms with Gasteiger partial charge in [0.25, 0.3) is 0 Å². The third-order valence-electron chi connectivity index (χ3n) is 11.2. The molecule has 6 aromatic carbocycles. The first-order chi connectivity index (χ1) is 25.1. The van der Waals surface area contributed by atoms with Crippen LogP contribution in [-0.4, -0.2) is 4.98 Å². The molecule has 2 aliphatic rings. The fourth-order valence-corrected chi connectivity index (χ4v) is 8.76. The second-order valence-corrected chi connectivity index (χ2v) is 14.4. The lowest BCUT2D eigenvalue weighted by Gasteiger charge is -2.30. The molecule has 0 spiro atoms. The molecular weight excluding hydrogens is 621 g/mol. The van der Waals surface area contributed by atoms with Crippen LogP contribution in [0.15, 0.2) is 175 Å². The molecule has 2 heterocycles. The third-order valence-corrected chi connectivity index (χ3v) is 11.2. The number of aromatic nitrogens is 1. The Labute approximate surface area is 297 Å². The molecule has 2 atom stereocenters. The highest BCUT2D eigenvalue weighted by atomic mass is 16.3. The van der Waals surface area contributed by atoms with Crippen molar-refractivity contribution in [1.29, 1.82) is 0 Å². The van der Waals surface area contributed by atoms with Crippen LogP contribution in [0.25, 0.3) is 55.0 Å². The zero-order valence-electron chi connectivity index (χ0n) is 28.6. The van der Waals surface area contributed by atoms with Crippen LogP contribution in [0.4, 0.5) is 17.1 Å². The molecule has 244 valence electrons. The molecule has 0 radical (unpaired) electrons. The van der Waals surface area contributed by atoms with E-state index < -0.39 is 0 Å². The number of allylic oxidation sites excluding steroid dienone is 4. The predicted octanol–water partition coefficient (Wildman–Crippen LogP) is 13.1. The monoisotopic (exact) mass is 656 g/mol. The lowest BCUT2D eigenvalue weighted by atomic mass is 9.74. The lowest BCUT2D eigenvalue weighted by Crippen LogP contribution is -2.24. The van der Waals surface area contributed by atoms with Gasteiger partial charge in [-0.15, -0.1) is 0 Å². The van der Waals surface area contributed by atoms with Gasteiger partial charge in [-0.2, -0.15) is 0 Å². The average molecular weight is 657 g/mol. The van der Waals surface area contributed by atoms with Gasteiger partial charge in [-0.25, -0.2) is 0 Å². The molecule has 2 unspecified atom stereocenters. The van der Waals surface area contributed by atoms with E-state index in [1.54, 1.807) is 0 Å². The normalized spacial score (nSPS) is 17.2. The van der Waals surface area contributed by atoms with Crippen molar-refractivity contribution in [2.45, 2.75) is 25.2 Å². The Hall–Kier alpha value is -6.19. The van der Waals surface area contributed by atoms with Crippen molar-refractivity contribution in [1.82, 2.24) is 4.98 Å². The maximum atomic E-state index is 6.79. The molecule has 3 nitrogen and oxygen atoms in total. The molecule has 3 heteroatoms. The molecule has 0 bridgehead atoms. The van der Waals surface area contributed by atoms with Crippen molar-refractivity contribution in [3.8, 4) is 22.3 Å². The zero-order chi connectivity index (χ0) is 34.1. The fraction of sp³-hybridized carbons (Fsp3) is 0.104. The third kappa shape index (κ3) is 4.62. The number of benzene rings is 6. The summed E-state index contributed by atoms with van der Waals surface area (Å²) in [5.41, 5.74) is 12.5. The van der Waals surface area contributed by atoms with E-state index in [1.807, 2.05) is 18.5 Å². The summed E-state index contributed by atoms with van der Waals surface area (Å²) in [6.07, 6.45) is 12.9. The first kappa shape index (κ1) is 29.7. The molecule has 0 saturated heterocycles. The van der Waals surface area contributed by atoms with Gasteiger partial charge in [0.1, 0.15) is 11.2 Å². The summed E-state index contributed by atoms with van der Waals surface area (Å²) in [5, 5.41) is 4.63. The summed E-state index contributed by atoms with van der Waals surface area (Å²) in [6.45, 7) is 4.79. The number of furan rings is 1. The van der Waals surface area contributed by atoms with Crippen LogP contribution in [0.5, 0.6) is 0 Å². The summed E-state index contributed by atoms with van der Waals surface area (Å²) in [5.74, 6) is 0.894. The van der Waals surface area contributed by atoms with E-state index >= 15 is 0 Å². The first-order valence-electron chi connectivity index (χ1n) is 17.8. The van der Waals surface area contributed by atoms with Crippen LogP contribution in [0.1, 0.15) is 30.9 Å². The van der Waals surface area contributed by atoms with Gasteiger partial charge < -0.3 is 9.32 Å². The quantitative estimate of drug-likeness (QED) is 0.185. The summed E-state index contributed by atoms with van der Waals surface area (Å²) in [4.78, 5) is 6.81. The molecule has 0 saturated carbocycles. The second kappa shape index (κ2) is 11.4. The van der Waals surface area contributed by atoms with Crippen molar-refractivity contribution < 1.29 is 4.42 Å². The van der Waals surface area contributed by atoms with Gasteiger partial charge in [0, 0.05) is 57.3 Å². The number of pyridine rings is 1. The van der Waals surface area contributed by atoms with Gasteiger partial charge in [-0.1, -0.05) is 117 Å². The van der Waals surface area contributed by atoms with Crippen molar-refractivity contribution in [2.24, 2.45) is 5.92 Å². The molecule has 0 fully saturated rings. The van der Waals surface area contributed by atoms with Gasteiger partial charge >= 0.3 is 0 Å². The Morgan fingerprint density at radius 3 is 2.25 bits per heavy atom. The van der Waals surface area contributed by atoms with E-state index in [0.29, 0.717) is 11.8 Å². The van der Waals surface area contributed by atoms with Gasteiger partial charge in [0.2, 0.25) is 0 Å². The minimum absolute atomic E-state index is 0.0361.